The van der Waals surface area contributed by atoms with Gasteiger partial charge in [-0.2, -0.15) is 0 Å². The van der Waals surface area contributed by atoms with Gasteiger partial charge in [-0.1, -0.05) is 55.9 Å². The van der Waals surface area contributed by atoms with E-state index < -0.39 is 16.0 Å². The second kappa shape index (κ2) is 10.7. The third-order valence-corrected chi connectivity index (χ3v) is 7.71. The Hall–Kier alpha value is -2.82. The molecule has 0 amide bonds. The first-order valence-corrected chi connectivity index (χ1v) is 12.4. The minimum Gasteiger partial charge on any atom is -0.481 e. The molecule has 1 heterocycles. The molecule has 1 aliphatic heterocycles. The number of carboxylic acids is 1. The van der Waals surface area contributed by atoms with Gasteiger partial charge in [-0.25, -0.2) is 8.42 Å². The molecule has 0 saturated heterocycles. The zero-order valence-corrected chi connectivity index (χ0v) is 19.2. The average Bonchev–Trinajstić information content (AvgIpc) is 2.85. The van der Waals surface area contributed by atoms with Gasteiger partial charge in [0.15, 0.2) is 0 Å². The zero-order chi connectivity index (χ0) is 23.1. The number of nitrogens with zero attached hydrogens (tertiary/aromatic N) is 1. The first-order chi connectivity index (χ1) is 15.4. The van der Waals surface area contributed by atoms with Gasteiger partial charge in [0.25, 0.3) is 10.0 Å². The van der Waals surface area contributed by atoms with E-state index in [1.165, 1.54) is 4.31 Å². The fourth-order valence-electron chi connectivity index (χ4n) is 4.12. The molecule has 0 radical (unpaired) electrons. The maximum Gasteiger partial charge on any atom is 0.303 e. The summed E-state index contributed by atoms with van der Waals surface area (Å²) in [5.74, 6) is 1.80. The number of hydrogen-bond acceptors (Lipinski definition) is 4. The Morgan fingerprint density at radius 3 is 2.47 bits per heavy atom. The molecule has 170 valence electrons. The number of rotatable bonds is 10. The van der Waals surface area contributed by atoms with Crippen LogP contribution in [0.25, 0.3) is 0 Å². The molecule has 0 aliphatic carbocycles. The van der Waals surface area contributed by atoms with Crippen LogP contribution in [0, 0.1) is 12.3 Å². The molecule has 1 unspecified atom stereocenters. The predicted octanol–water partition coefficient (Wildman–Crippen LogP) is 4.30. The van der Waals surface area contributed by atoms with E-state index in [1.54, 1.807) is 19.2 Å². The number of fused-ring (bicyclic) bond motifs is 2. The van der Waals surface area contributed by atoms with Crippen molar-refractivity contribution in [3.05, 3.63) is 59.2 Å². The van der Waals surface area contributed by atoms with Crippen LogP contribution in [0.15, 0.2) is 47.4 Å². The SMILES string of the molecule is C#Cc1ccc2c(c1)S(=O)(=O)N(C)c1ccccc1C2NCCCCCCCCC(=O)O. The number of para-hydroxylation sites is 1. The monoisotopic (exact) mass is 454 g/mol. The largest absolute Gasteiger partial charge is 0.481 e. The van der Waals surface area contributed by atoms with Gasteiger partial charge < -0.3 is 10.4 Å². The summed E-state index contributed by atoms with van der Waals surface area (Å²) in [5.41, 5.74) is 2.81. The van der Waals surface area contributed by atoms with Crippen LogP contribution >= 0.6 is 0 Å². The van der Waals surface area contributed by atoms with Gasteiger partial charge in [0.2, 0.25) is 0 Å². The number of carbonyl (C=O) groups is 1. The van der Waals surface area contributed by atoms with E-state index in [1.807, 2.05) is 30.3 Å². The fourth-order valence-corrected chi connectivity index (χ4v) is 5.60. The summed E-state index contributed by atoms with van der Waals surface area (Å²) in [5, 5.41) is 12.3. The van der Waals surface area contributed by atoms with Crippen LogP contribution < -0.4 is 9.62 Å². The van der Waals surface area contributed by atoms with Gasteiger partial charge in [-0.15, -0.1) is 6.42 Å². The maximum atomic E-state index is 13.3. The quantitative estimate of drug-likeness (QED) is 0.413. The number of benzene rings is 2. The van der Waals surface area contributed by atoms with Crippen LogP contribution in [0.5, 0.6) is 0 Å². The molecule has 1 atom stereocenters. The van der Waals surface area contributed by atoms with Crippen molar-refractivity contribution in [2.24, 2.45) is 0 Å². The first kappa shape index (κ1) is 23.8. The number of nitrogens with one attached hydrogen (secondary N) is 1. The number of terminal acetylenes is 1. The lowest BCUT2D eigenvalue weighted by molar-refractivity contribution is -0.137. The van der Waals surface area contributed by atoms with E-state index >= 15 is 0 Å². The molecule has 0 bridgehead atoms. The summed E-state index contributed by atoms with van der Waals surface area (Å²) in [6.07, 6.45) is 11.5. The Morgan fingerprint density at radius 2 is 1.75 bits per heavy atom. The molecular formula is C25H30N2O4S. The summed E-state index contributed by atoms with van der Waals surface area (Å²) < 4.78 is 28.0. The molecule has 3 rings (SSSR count). The van der Waals surface area contributed by atoms with E-state index in [0.717, 1.165) is 50.6 Å². The first-order valence-electron chi connectivity index (χ1n) is 11.0. The van der Waals surface area contributed by atoms with Crippen LogP contribution in [0.1, 0.15) is 67.7 Å². The lowest BCUT2D eigenvalue weighted by Gasteiger charge is -2.22. The van der Waals surface area contributed by atoms with E-state index in [9.17, 15) is 13.2 Å². The maximum absolute atomic E-state index is 13.3. The van der Waals surface area contributed by atoms with Crippen molar-refractivity contribution in [2.75, 3.05) is 17.9 Å². The zero-order valence-electron chi connectivity index (χ0n) is 18.4. The molecule has 0 spiro atoms. The Labute approximate surface area is 190 Å². The van der Waals surface area contributed by atoms with E-state index in [-0.39, 0.29) is 17.4 Å². The summed E-state index contributed by atoms with van der Waals surface area (Å²) in [4.78, 5) is 10.8. The third-order valence-electron chi connectivity index (χ3n) is 5.88. The van der Waals surface area contributed by atoms with Gasteiger partial charge in [-0.3, -0.25) is 9.10 Å². The number of sulfonamides is 1. The highest BCUT2D eigenvalue weighted by Gasteiger charge is 2.34. The molecule has 2 aromatic carbocycles. The Kier molecular flexibility index (Phi) is 7.94. The normalized spacial score (nSPS) is 16.5. The minimum absolute atomic E-state index is 0.237. The van der Waals surface area contributed by atoms with E-state index in [2.05, 4.69) is 11.2 Å². The standard InChI is InChI=1S/C25H30N2O4S/c1-3-19-15-16-21-23(18-19)32(30,31)27(2)22-13-10-9-12-20(22)25(21)26-17-11-7-5-4-6-8-14-24(28)29/h1,9-10,12-13,15-16,18,25-26H,4-8,11,14,17H2,2H3,(H,28,29). The van der Waals surface area contributed by atoms with Crippen LogP contribution in [0.4, 0.5) is 5.69 Å². The van der Waals surface area contributed by atoms with Crippen molar-refractivity contribution in [3.63, 3.8) is 0 Å². The molecule has 6 nitrogen and oxygen atoms in total. The topological polar surface area (TPSA) is 86.7 Å². The molecule has 0 aromatic heterocycles. The van der Waals surface area contributed by atoms with Crippen molar-refractivity contribution in [1.29, 1.82) is 0 Å². The van der Waals surface area contributed by atoms with Gasteiger partial charge in [-0.05, 0) is 48.7 Å². The van der Waals surface area contributed by atoms with E-state index in [4.69, 9.17) is 11.5 Å². The number of unbranched alkanes of at least 4 members (excludes halogenated alkanes) is 5. The Morgan fingerprint density at radius 1 is 1.06 bits per heavy atom. The number of carboxylic acid groups (broad SMARTS) is 1. The second-order valence-electron chi connectivity index (χ2n) is 8.08. The van der Waals surface area contributed by atoms with E-state index in [0.29, 0.717) is 16.8 Å². The van der Waals surface area contributed by atoms with Crippen molar-refractivity contribution in [1.82, 2.24) is 5.32 Å². The second-order valence-corrected chi connectivity index (χ2v) is 10.0. The fraction of sp³-hybridized carbons (Fsp3) is 0.400. The van der Waals surface area contributed by atoms with Crippen LogP contribution in [-0.4, -0.2) is 33.1 Å². The smallest absolute Gasteiger partial charge is 0.303 e. The van der Waals surface area contributed by atoms with Crippen LogP contribution in [0.3, 0.4) is 0 Å². The van der Waals surface area contributed by atoms with Crippen molar-refractivity contribution in [2.45, 2.75) is 55.9 Å². The van der Waals surface area contributed by atoms with Gasteiger partial charge in [0.1, 0.15) is 0 Å². The summed E-state index contributed by atoms with van der Waals surface area (Å²) >= 11 is 0. The molecule has 2 aromatic rings. The number of anilines is 1. The molecule has 7 heteroatoms. The molecule has 1 aliphatic rings. The molecule has 0 saturated carbocycles. The van der Waals surface area contributed by atoms with Gasteiger partial charge >= 0.3 is 5.97 Å². The van der Waals surface area contributed by atoms with Crippen molar-refractivity contribution < 1.29 is 18.3 Å². The Bertz CT molecular complexity index is 1110. The molecule has 32 heavy (non-hydrogen) atoms. The predicted molar refractivity (Wildman–Crippen MR) is 126 cm³/mol. The average molecular weight is 455 g/mol. The number of hydrogen-bond donors (Lipinski definition) is 2. The summed E-state index contributed by atoms with van der Waals surface area (Å²) in [6, 6.07) is 12.5. The summed E-state index contributed by atoms with van der Waals surface area (Å²) in [6.45, 7) is 0.744. The van der Waals surface area contributed by atoms with Gasteiger partial charge in [0.05, 0.1) is 16.6 Å². The third kappa shape index (κ3) is 5.32. The highest BCUT2D eigenvalue weighted by molar-refractivity contribution is 7.92. The van der Waals surface area contributed by atoms with Crippen molar-refractivity contribution >= 4 is 21.7 Å². The Balaban J connectivity index is 1.74. The molecular weight excluding hydrogens is 424 g/mol. The van der Waals surface area contributed by atoms with Gasteiger partial charge in [0, 0.05) is 19.0 Å². The number of aliphatic carboxylic acids is 1. The highest BCUT2D eigenvalue weighted by atomic mass is 32.2. The summed E-state index contributed by atoms with van der Waals surface area (Å²) in [7, 11) is -2.16. The van der Waals surface area contributed by atoms with Crippen LogP contribution in [-0.2, 0) is 14.8 Å². The lowest BCUT2D eigenvalue weighted by atomic mass is 9.96. The van der Waals surface area contributed by atoms with Crippen molar-refractivity contribution in [3.8, 4) is 12.3 Å². The highest BCUT2D eigenvalue weighted by Crippen LogP contribution is 2.40. The minimum atomic E-state index is -3.73. The van der Waals surface area contributed by atoms with Crippen LogP contribution in [0.2, 0.25) is 0 Å². The lowest BCUT2D eigenvalue weighted by Crippen LogP contribution is -2.26. The molecule has 0 fully saturated rings. The molecule has 2 N–H and O–H groups in total.